The van der Waals surface area contributed by atoms with E-state index in [9.17, 15) is 21.6 Å². The summed E-state index contributed by atoms with van der Waals surface area (Å²) in [5.74, 6) is 0.617. The Balaban J connectivity index is 1.90. The second-order valence-corrected chi connectivity index (χ2v) is 9.98. The number of hydrogen-bond donors (Lipinski definition) is 1. The maximum Gasteiger partial charge on any atom is 0.416 e. The third kappa shape index (κ3) is 6.19. The van der Waals surface area contributed by atoms with Crippen molar-refractivity contribution in [3.8, 4) is 0 Å². The van der Waals surface area contributed by atoms with Gasteiger partial charge in [-0.15, -0.1) is 0 Å². The molecule has 0 bridgehead atoms. The number of nitrogens with two attached hydrogens (primary N) is 1. The fraction of sp³-hybridized carbons (Fsp3) is 0.700. The SMILES string of the molecule is CC(N)CCCCC1CCC(N(C)S(=O)(=O)c2ccc(C(F)(F)F)cc2)CC1. The second-order valence-electron chi connectivity index (χ2n) is 7.98. The van der Waals surface area contributed by atoms with Crippen LogP contribution in [-0.2, 0) is 16.2 Å². The highest BCUT2D eigenvalue weighted by atomic mass is 32.2. The summed E-state index contributed by atoms with van der Waals surface area (Å²) < 4.78 is 65.0. The zero-order valence-corrected chi connectivity index (χ0v) is 17.4. The summed E-state index contributed by atoms with van der Waals surface area (Å²) in [4.78, 5) is -0.0963. The van der Waals surface area contributed by atoms with Gasteiger partial charge in [0.05, 0.1) is 10.5 Å². The molecule has 2 N–H and O–H groups in total. The highest BCUT2D eigenvalue weighted by Crippen LogP contribution is 2.34. The molecular formula is C20H31F3N2O2S. The van der Waals surface area contributed by atoms with Crippen molar-refractivity contribution < 1.29 is 21.6 Å². The van der Waals surface area contributed by atoms with Gasteiger partial charge in [-0.3, -0.25) is 0 Å². The average molecular weight is 421 g/mol. The van der Waals surface area contributed by atoms with Gasteiger partial charge in [-0.05, 0) is 69.2 Å². The van der Waals surface area contributed by atoms with E-state index in [1.54, 1.807) is 0 Å². The number of rotatable bonds is 8. The smallest absolute Gasteiger partial charge is 0.328 e. The van der Waals surface area contributed by atoms with E-state index in [2.05, 4.69) is 0 Å². The third-order valence-corrected chi connectivity index (χ3v) is 7.64. The molecule has 8 heteroatoms. The molecule has 1 unspecified atom stereocenters. The van der Waals surface area contributed by atoms with E-state index >= 15 is 0 Å². The molecule has 0 heterocycles. The van der Waals surface area contributed by atoms with Gasteiger partial charge in [0.15, 0.2) is 0 Å². The molecule has 0 spiro atoms. The van der Waals surface area contributed by atoms with Crippen LogP contribution in [0.4, 0.5) is 13.2 Å². The quantitative estimate of drug-likeness (QED) is 0.615. The Hall–Kier alpha value is -1.12. The Bertz CT molecular complexity index is 710. The van der Waals surface area contributed by atoms with Gasteiger partial charge in [0.1, 0.15) is 0 Å². The summed E-state index contributed by atoms with van der Waals surface area (Å²) in [6.45, 7) is 2.01. The standard InChI is InChI=1S/C20H31F3N2O2S/c1-15(24)5-3-4-6-16-7-11-18(12-8-16)25(2)28(26,27)19-13-9-17(10-14-19)20(21,22)23/h9-10,13-16,18H,3-8,11-12,24H2,1-2H3. The van der Waals surface area contributed by atoms with E-state index < -0.39 is 21.8 Å². The first kappa shape index (κ1) is 23.2. The second kappa shape index (κ2) is 9.59. The van der Waals surface area contributed by atoms with Gasteiger partial charge < -0.3 is 5.73 Å². The average Bonchev–Trinajstić information content (AvgIpc) is 2.64. The van der Waals surface area contributed by atoms with Crippen molar-refractivity contribution >= 4 is 10.0 Å². The van der Waals surface area contributed by atoms with Crippen molar-refractivity contribution in [1.82, 2.24) is 4.31 Å². The first-order chi connectivity index (χ1) is 13.0. The van der Waals surface area contributed by atoms with E-state index in [-0.39, 0.29) is 17.0 Å². The Morgan fingerprint density at radius 1 is 1.11 bits per heavy atom. The minimum Gasteiger partial charge on any atom is -0.328 e. The Labute approximate surface area is 166 Å². The molecular weight excluding hydrogens is 389 g/mol. The lowest BCUT2D eigenvalue weighted by atomic mass is 9.83. The van der Waals surface area contributed by atoms with Crippen LogP contribution in [0, 0.1) is 5.92 Å². The summed E-state index contributed by atoms with van der Waals surface area (Å²) in [5.41, 5.74) is 4.91. The first-order valence-corrected chi connectivity index (χ1v) is 11.4. The summed E-state index contributed by atoms with van der Waals surface area (Å²) >= 11 is 0. The molecule has 1 atom stereocenters. The monoisotopic (exact) mass is 420 g/mol. The summed E-state index contributed by atoms with van der Waals surface area (Å²) in [6, 6.07) is 3.85. The zero-order valence-electron chi connectivity index (χ0n) is 16.6. The molecule has 1 saturated carbocycles. The number of alkyl halides is 3. The molecule has 2 rings (SSSR count). The number of halogens is 3. The molecule has 0 amide bonds. The Morgan fingerprint density at radius 3 is 2.18 bits per heavy atom. The molecule has 0 aromatic heterocycles. The zero-order chi connectivity index (χ0) is 20.9. The third-order valence-electron chi connectivity index (χ3n) is 5.71. The topological polar surface area (TPSA) is 63.4 Å². The lowest BCUT2D eigenvalue weighted by Crippen LogP contribution is -2.39. The van der Waals surface area contributed by atoms with Crippen LogP contribution >= 0.6 is 0 Å². The van der Waals surface area contributed by atoms with Crippen molar-refractivity contribution in [1.29, 1.82) is 0 Å². The molecule has 28 heavy (non-hydrogen) atoms. The first-order valence-electron chi connectivity index (χ1n) is 9.92. The molecule has 160 valence electrons. The molecule has 0 aliphatic heterocycles. The molecule has 1 aliphatic carbocycles. The van der Waals surface area contributed by atoms with Crippen molar-refractivity contribution in [2.45, 2.75) is 81.4 Å². The lowest BCUT2D eigenvalue weighted by Gasteiger charge is -2.34. The highest BCUT2D eigenvalue weighted by Gasteiger charge is 2.33. The molecule has 1 aromatic rings. The predicted molar refractivity (Wildman–Crippen MR) is 104 cm³/mol. The van der Waals surface area contributed by atoms with Crippen LogP contribution in [0.25, 0.3) is 0 Å². The molecule has 0 saturated heterocycles. The van der Waals surface area contributed by atoms with E-state index in [0.29, 0.717) is 5.92 Å². The number of sulfonamides is 1. The van der Waals surface area contributed by atoms with Gasteiger partial charge in [0.25, 0.3) is 0 Å². The van der Waals surface area contributed by atoms with Crippen molar-refractivity contribution in [3.05, 3.63) is 29.8 Å². The van der Waals surface area contributed by atoms with Crippen molar-refractivity contribution in [2.75, 3.05) is 7.05 Å². The van der Waals surface area contributed by atoms with Crippen LogP contribution < -0.4 is 5.73 Å². The highest BCUT2D eigenvalue weighted by molar-refractivity contribution is 7.89. The maximum absolute atomic E-state index is 12.8. The van der Waals surface area contributed by atoms with Crippen LogP contribution in [0.3, 0.4) is 0 Å². The minimum atomic E-state index is -4.48. The van der Waals surface area contributed by atoms with Crippen LogP contribution in [0.5, 0.6) is 0 Å². The van der Waals surface area contributed by atoms with E-state index in [1.165, 1.54) is 11.4 Å². The van der Waals surface area contributed by atoms with Gasteiger partial charge in [0.2, 0.25) is 10.0 Å². The largest absolute Gasteiger partial charge is 0.416 e. The maximum atomic E-state index is 12.8. The molecule has 4 nitrogen and oxygen atoms in total. The molecule has 1 aliphatic rings. The fourth-order valence-electron chi connectivity index (χ4n) is 3.87. The minimum absolute atomic E-state index is 0.0963. The van der Waals surface area contributed by atoms with Crippen LogP contribution in [-0.4, -0.2) is 31.9 Å². The van der Waals surface area contributed by atoms with Gasteiger partial charge >= 0.3 is 6.18 Å². The summed E-state index contributed by atoms with van der Waals surface area (Å²) in [5, 5.41) is 0. The van der Waals surface area contributed by atoms with Crippen molar-refractivity contribution in [3.63, 3.8) is 0 Å². The number of benzene rings is 1. The van der Waals surface area contributed by atoms with Crippen LogP contribution in [0.1, 0.15) is 63.9 Å². The van der Waals surface area contributed by atoms with Gasteiger partial charge in [-0.1, -0.05) is 19.3 Å². The van der Waals surface area contributed by atoms with Crippen LogP contribution in [0.15, 0.2) is 29.2 Å². The summed E-state index contributed by atoms with van der Waals surface area (Å²) in [7, 11) is -2.27. The molecule has 1 fully saturated rings. The molecule has 0 radical (unpaired) electrons. The number of nitrogens with zero attached hydrogens (tertiary/aromatic N) is 1. The van der Waals surface area contributed by atoms with Gasteiger partial charge in [0, 0.05) is 19.1 Å². The van der Waals surface area contributed by atoms with E-state index in [1.807, 2.05) is 6.92 Å². The van der Waals surface area contributed by atoms with Gasteiger partial charge in [-0.2, -0.15) is 17.5 Å². The Kier molecular flexibility index (Phi) is 7.93. The summed E-state index contributed by atoms with van der Waals surface area (Å²) in [6.07, 6.45) is 3.51. The molecule has 1 aromatic carbocycles. The van der Waals surface area contributed by atoms with Crippen molar-refractivity contribution in [2.24, 2.45) is 11.7 Å². The number of hydrogen-bond acceptors (Lipinski definition) is 3. The lowest BCUT2D eigenvalue weighted by molar-refractivity contribution is -0.137. The Morgan fingerprint density at radius 2 is 1.68 bits per heavy atom. The number of unbranched alkanes of at least 4 members (excludes halogenated alkanes) is 1. The van der Waals surface area contributed by atoms with Crippen LogP contribution in [0.2, 0.25) is 0 Å². The van der Waals surface area contributed by atoms with E-state index in [4.69, 9.17) is 5.73 Å². The predicted octanol–water partition coefficient (Wildman–Crippen LogP) is 4.79. The van der Waals surface area contributed by atoms with E-state index in [0.717, 1.165) is 75.6 Å². The van der Waals surface area contributed by atoms with Gasteiger partial charge in [-0.25, -0.2) is 8.42 Å². The normalized spacial score (nSPS) is 22.4. The fourth-order valence-corrected chi connectivity index (χ4v) is 5.29.